The number of nitrogens with one attached hydrogen (secondary N) is 3. The fourth-order valence-corrected chi connectivity index (χ4v) is 4.12. The van der Waals surface area contributed by atoms with Gasteiger partial charge in [0.2, 0.25) is 5.91 Å². The van der Waals surface area contributed by atoms with Crippen molar-refractivity contribution < 1.29 is 14.4 Å². The van der Waals surface area contributed by atoms with Gasteiger partial charge in [0.25, 0.3) is 5.91 Å². The number of H-pyrrole nitrogens is 1. The molecule has 8 heteroatoms. The van der Waals surface area contributed by atoms with Crippen molar-refractivity contribution in [2.45, 2.75) is 50.5 Å². The van der Waals surface area contributed by atoms with E-state index in [2.05, 4.69) is 20.6 Å². The normalized spacial score (nSPS) is 18.6. The Balaban J connectivity index is 1.24. The lowest BCUT2D eigenvalue weighted by Crippen LogP contribution is -2.48. The molecule has 2 aliphatic rings. The molecule has 1 saturated heterocycles. The number of imidazole rings is 1. The van der Waals surface area contributed by atoms with E-state index in [1.807, 2.05) is 24.3 Å². The molecule has 28 heavy (non-hydrogen) atoms. The molecule has 2 fully saturated rings. The van der Waals surface area contributed by atoms with Crippen molar-refractivity contribution in [2.75, 3.05) is 13.1 Å². The van der Waals surface area contributed by atoms with Crippen molar-refractivity contribution in [3.05, 3.63) is 30.1 Å². The maximum Gasteiger partial charge on any atom is 0.325 e. The van der Waals surface area contributed by atoms with E-state index in [-0.39, 0.29) is 30.8 Å². The van der Waals surface area contributed by atoms with Gasteiger partial charge < -0.3 is 15.6 Å². The lowest BCUT2D eigenvalue weighted by atomic mass is 9.82. The Morgan fingerprint density at radius 2 is 1.96 bits per heavy atom. The highest BCUT2D eigenvalue weighted by Gasteiger charge is 2.50. The summed E-state index contributed by atoms with van der Waals surface area (Å²) in [7, 11) is 0. The van der Waals surface area contributed by atoms with Crippen molar-refractivity contribution in [1.82, 2.24) is 25.5 Å². The van der Waals surface area contributed by atoms with Gasteiger partial charge in [0.1, 0.15) is 11.4 Å². The monoisotopic (exact) mass is 383 g/mol. The lowest BCUT2D eigenvalue weighted by molar-refractivity contribution is -0.132. The van der Waals surface area contributed by atoms with Gasteiger partial charge in [0, 0.05) is 25.9 Å². The summed E-state index contributed by atoms with van der Waals surface area (Å²) in [4.78, 5) is 45.9. The number of amides is 4. The second kappa shape index (κ2) is 7.61. The van der Waals surface area contributed by atoms with Crippen LogP contribution >= 0.6 is 0 Å². The Morgan fingerprint density at radius 3 is 2.75 bits per heavy atom. The Morgan fingerprint density at radius 1 is 1.18 bits per heavy atom. The van der Waals surface area contributed by atoms with E-state index in [1.54, 1.807) is 0 Å². The van der Waals surface area contributed by atoms with E-state index < -0.39 is 5.54 Å². The highest BCUT2D eigenvalue weighted by Crippen LogP contribution is 2.33. The average molecular weight is 383 g/mol. The number of aromatic nitrogens is 2. The van der Waals surface area contributed by atoms with Crippen LogP contribution in [0.3, 0.4) is 0 Å². The van der Waals surface area contributed by atoms with Crippen LogP contribution in [0.2, 0.25) is 0 Å². The van der Waals surface area contributed by atoms with Crippen molar-refractivity contribution >= 4 is 28.9 Å². The van der Waals surface area contributed by atoms with E-state index in [9.17, 15) is 14.4 Å². The Bertz CT molecular complexity index is 867. The molecule has 4 amide bonds. The average Bonchev–Trinajstić information content (AvgIpc) is 3.20. The molecule has 2 aromatic rings. The smallest absolute Gasteiger partial charge is 0.325 e. The fraction of sp³-hybridized carbons (Fsp3) is 0.500. The molecule has 2 heterocycles. The molecule has 148 valence electrons. The van der Waals surface area contributed by atoms with Crippen LogP contribution in [0.1, 0.15) is 44.3 Å². The summed E-state index contributed by atoms with van der Waals surface area (Å²) in [5.74, 6) is 0.461. The molecular weight excluding hydrogens is 358 g/mol. The van der Waals surface area contributed by atoms with Crippen LogP contribution in [0.5, 0.6) is 0 Å². The fourth-order valence-electron chi connectivity index (χ4n) is 4.12. The minimum absolute atomic E-state index is 0.107. The highest BCUT2D eigenvalue weighted by atomic mass is 16.2. The molecule has 1 spiro atoms. The summed E-state index contributed by atoms with van der Waals surface area (Å²) in [5.41, 5.74) is 1.14. The van der Waals surface area contributed by atoms with Crippen LogP contribution in [0, 0.1) is 0 Å². The first-order valence-corrected chi connectivity index (χ1v) is 9.92. The molecule has 8 nitrogen and oxygen atoms in total. The molecule has 0 bridgehead atoms. The van der Waals surface area contributed by atoms with Gasteiger partial charge in [-0.25, -0.2) is 9.78 Å². The topological polar surface area (TPSA) is 107 Å². The molecule has 0 unspecified atom stereocenters. The highest BCUT2D eigenvalue weighted by molar-refractivity contribution is 6.07. The minimum Gasteiger partial charge on any atom is -0.356 e. The number of nitrogens with zero attached hydrogens (tertiary/aromatic N) is 2. The third-order valence-corrected chi connectivity index (χ3v) is 5.64. The molecule has 1 aromatic carbocycles. The molecule has 0 radical (unpaired) electrons. The summed E-state index contributed by atoms with van der Waals surface area (Å²) in [5, 5.41) is 5.70. The van der Waals surface area contributed by atoms with Crippen LogP contribution in [0.25, 0.3) is 11.0 Å². The second-order valence-electron chi connectivity index (χ2n) is 7.58. The molecule has 3 N–H and O–H groups in total. The summed E-state index contributed by atoms with van der Waals surface area (Å²) < 4.78 is 0. The number of para-hydroxylation sites is 2. The van der Waals surface area contributed by atoms with Gasteiger partial charge >= 0.3 is 6.03 Å². The van der Waals surface area contributed by atoms with Crippen LogP contribution in [-0.4, -0.2) is 51.3 Å². The van der Waals surface area contributed by atoms with Crippen molar-refractivity contribution in [3.63, 3.8) is 0 Å². The number of hydrogen-bond acceptors (Lipinski definition) is 4. The summed E-state index contributed by atoms with van der Waals surface area (Å²) >= 11 is 0. The number of aromatic amines is 1. The SMILES string of the molecule is O=C(CCN1C(=O)NC2(CCCCC2)C1=O)NCCc1nc2ccccc2[nH]1. The van der Waals surface area contributed by atoms with Crippen LogP contribution < -0.4 is 10.6 Å². The third-order valence-electron chi connectivity index (χ3n) is 5.64. The van der Waals surface area contributed by atoms with Gasteiger partial charge in [-0.2, -0.15) is 0 Å². The van der Waals surface area contributed by atoms with Crippen molar-refractivity contribution in [2.24, 2.45) is 0 Å². The van der Waals surface area contributed by atoms with Gasteiger partial charge in [-0.3, -0.25) is 14.5 Å². The predicted molar refractivity (Wildman–Crippen MR) is 103 cm³/mol. The van der Waals surface area contributed by atoms with Gasteiger partial charge in [-0.05, 0) is 25.0 Å². The maximum absolute atomic E-state index is 12.7. The lowest BCUT2D eigenvalue weighted by Gasteiger charge is -2.30. The Kier molecular flexibility index (Phi) is 5.02. The van der Waals surface area contributed by atoms with Crippen molar-refractivity contribution in [1.29, 1.82) is 0 Å². The third kappa shape index (κ3) is 3.58. The van der Waals surface area contributed by atoms with E-state index in [1.165, 1.54) is 4.90 Å². The number of hydrogen-bond donors (Lipinski definition) is 3. The number of fused-ring (bicyclic) bond motifs is 1. The molecule has 1 saturated carbocycles. The number of carbonyl (C=O) groups is 3. The first-order chi connectivity index (χ1) is 13.6. The first-order valence-electron chi connectivity index (χ1n) is 9.92. The zero-order chi connectivity index (χ0) is 19.6. The summed E-state index contributed by atoms with van der Waals surface area (Å²) in [6.07, 6.45) is 5.07. The Hall–Kier alpha value is -2.90. The molecule has 0 atom stereocenters. The number of carbonyl (C=O) groups excluding carboxylic acids is 3. The number of benzene rings is 1. The second-order valence-corrected chi connectivity index (χ2v) is 7.58. The minimum atomic E-state index is -0.729. The Labute approximate surface area is 163 Å². The van der Waals surface area contributed by atoms with E-state index in [0.717, 1.165) is 36.1 Å². The molecule has 1 aromatic heterocycles. The van der Waals surface area contributed by atoms with Crippen LogP contribution in [0.15, 0.2) is 24.3 Å². The zero-order valence-electron chi connectivity index (χ0n) is 15.8. The van der Waals surface area contributed by atoms with Crippen LogP contribution in [-0.2, 0) is 16.0 Å². The maximum atomic E-state index is 12.7. The number of imide groups is 1. The van der Waals surface area contributed by atoms with Gasteiger partial charge in [0.15, 0.2) is 0 Å². The van der Waals surface area contributed by atoms with E-state index >= 15 is 0 Å². The van der Waals surface area contributed by atoms with E-state index in [4.69, 9.17) is 0 Å². The largest absolute Gasteiger partial charge is 0.356 e. The first kappa shape index (κ1) is 18.5. The summed E-state index contributed by atoms with van der Waals surface area (Å²) in [6.45, 7) is 0.561. The molecular formula is C20H25N5O3. The van der Waals surface area contributed by atoms with Crippen LogP contribution in [0.4, 0.5) is 4.79 Å². The number of rotatable bonds is 6. The van der Waals surface area contributed by atoms with Crippen molar-refractivity contribution in [3.8, 4) is 0 Å². The predicted octanol–water partition coefficient (Wildman–Crippen LogP) is 1.87. The number of urea groups is 1. The van der Waals surface area contributed by atoms with Gasteiger partial charge in [0.05, 0.1) is 11.0 Å². The van der Waals surface area contributed by atoms with E-state index in [0.29, 0.717) is 25.8 Å². The summed E-state index contributed by atoms with van der Waals surface area (Å²) in [6, 6.07) is 7.40. The van der Waals surface area contributed by atoms with Gasteiger partial charge in [-0.15, -0.1) is 0 Å². The molecule has 1 aliphatic carbocycles. The molecule has 4 rings (SSSR count). The van der Waals surface area contributed by atoms with Gasteiger partial charge in [-0.1, -0.05) is 31.4 Å². The quantitative estimate of drug-likeness (QED) is 0.662. The molecule has 1 aliphatic heterocycles. The zero-order valence-corrected chi connectivity index (χ0v) is 15.8. The standard InChI is InChI=1S/C20H25N5O3/c26-17(21-12-8-16-22-14-6-2-3-7-15(14)23-16)9-13-25-18(27)20(24-19(25)28)10-4-1-5-11-20/h2-3,6-7H,1,4-5,8-13H2,(H,21,26)(H,22,23)(H,24,28).